The number of fused-ring (bicyclic) bond motifs is 1. The SMILES string of the molecule is NCCC1CCN(Cc2ccc(F)c3cccnc23)CC1. The van der Waals surface area contributed by atoms with Crippen molar-refractivity contribution in [2.75, 3.05) is 19.6 Å². The van der Waals surface area contributed by atoms with Crippen LogP contribution in [0.15, 0.2) is 30.5 Å². The average Bonchev–Trinajstić information content (AvgIpc) is 2.52. The van der Waals surface area contributed by atoms with Gasteiger partial charge < -0.3 is 5.73 Å². The van der Waals surface area contributed by atoms with E-state index in [0.717, 1.165) is 49.6 Å². The Morgan fingerprint density at radius 2 is 2.05 bits per heavy atom. The van der Waals surface area contributed by atoms with Crippen molar-refractivity contribution in [3.63, 3.8) is 0 Å². The number of nitrogens with zero attached hydrogens (tertiary/aromatic N) is 2. The average molecular weight is 287 g/mol. The quantitative estimate of drug-likeness (QED) is 0.940. The number of hydrogen-bond donors (Lipinski definition) is 1. The predicted molar refractivity (Wildman–Crippen MR) is 83.4 cm³/mol. The molecular formula is C17H22FN3. The van der Waals surface area contributed by atoms with E-state index in [1.807, 2.05) is 6.07 Å². The first kappa shape index (κ1) is 14.4. The van der Waals surface area contributed by atoms with Crippen molar-refractivity contribution >= 4 is 10.9 Å². The predicted octanol–water partition coefficient (Wildman–Crippen LogP) is 2.93. The Kier molecular flexibility index (Phi) is 4.46. The highest BCUT2D eigenvalue weighted by atomic mass is 19.1. The monoisotopic (exact) mass is 287 g/mol. The molecule has 4 heteroatoms. The van der Waals surface area contributed by atoms with Gasteiger partial charge >= 0.3 is 0 Å². The van der Waals surface area contributed by atoms with Crippen LogP contribution in [0.4, 0.5) is 4.39 Å². The summed E-state index contributed by atoms with van der Waals surface area (Å²) >= 11 is 0. The third-order valence-corrected chi connectivity index (χ3v) is 4.48. The van der Waals surface area contributed by atoms with Crippen LogP contribution in [0.25, 0.3) is 10.9 Å². The van der Waals surface area contributed by atoms with Crippen molar-refractivity contribution in [1.29, 1.82) is 0 Å². The standard InChI is InChI=1S/C17H22FN3/c18-16-4-3-14(17-15(16)2-1-9-20-17)12-21-10-6-13(5-8-19)7-11-21/h1-4,9,13H,5-8,10-12,19H2. The highest BCUT2D eigenvalue weighted by Crippen LogP contribution is 2.24. The molecule has 1 aliphatic heterocycles. The summed E-state index contributed by atoms with van der Waals surface area (Å²) in [7, 11) is 0. The second-order valence-corrected chi connectivity index (χ2v) is 5.90. The van der Waals surface area contributed by atoms with Crippen molar-refractivity contribution in [3.8, 4) is 0 Å². The van der Waals surface area contributed by atoms with E-state index in [2.05, 4.69) is 9.88 Å². The van der Waals surface area contributed by atoms with Gasteiger partial charge in [-0.2, -0.15) is 0 Å². The smallest absolute Gasteiger partial charge is 0.132 e. The highest BCUT2D eigenvalue weighted by molar-refractivity contribution is 5.82. The summed E-state index contributed by atoms with van der Waals surface area (Å²) in [4.78, 5) is 6.81. The van der Waals surface area contributed by atoms with Crippen LogP contribution >= 0.6 is 0 Å². The molecular weight excluding hydrogens is 265 g/mol. The van der Waals surface area contributed by atoms with E-state index in [-0.39, 0.29) is 5.82 Å². The van der Waals surface area contributed by atoms with Gasteiger partial charge in [0.05, 0.1) is 5.52 Å². The maximum Gasteiger partial charge on any atom is 0.132 e. The van der Waals surface area contributed by atoms with Gasteiger partial charge in [-0.05, 0) is 68.6 Å². The molecule has 3 rings (SSSR count). The lowest BCUT2D eigenvalue weighted by molar-refractivity contribution is 0.174. The normalized spacial score (nSPS) is 17.4. The minimum Gasteiger partial charge on any atom is -0.330 e. The van der Waals surface area contributed by atoms with E-state index in [1.165, 1.54) is 12.8 Å². The van der Waals surface area contributed by atoms with E-state index in [4.69, 9.17) is 5.73 Å². The fourth-order valence-corrected chi connectivity index (χ4v) is 3.23. The Hall–Kier alpha value is -1.52. The topological polar surface area (TPSA) is 42.1 Å². The first-order chi connectivity index (χ1) is 10.3. The highest BCUT2D eigenvalue weighted by Gasteiger charge is 2.19. The number of nitrogens with two attached hydrogens (primary N) is 1. The molecule has 0 spiro atoms. The fourth-order valence-electron chi connectivity index (χ4n) is 3.23. The van der Waals surface area contributed by atoms with E-state index in [0.29, 0.717) is 5.39 Å². The lowest BCUT2D eigenvalue weighted by atomic mass is 9.93. The lowest BCUT2D eigenvalue weighted by Crippen LogP contribution is -2.33. The molecule has 1 saturated heterocycles. The molecule has 0 bridgehead atoms. The number of piperidine rings is 1. The van der Waals surface area contributed by atoms with Gasteiger partial charge in [-0.3, -0.25) is 9.88 Å². The third-order valence-electron chi connectivity index (χ3n) is 4.48. The number of pyridine rings is 1. The Morgan fingerprint density at radius 1 is 1.24 bits per heavy atom. The van der Waals surface area contributed by atoms with Crippen molar-refractivity contribution in [2.45, 2.75) is 25.8 Å². The van der Waals surface area contributed by atoms with Gasteiger partial charge in [0.1, 0.15) is 5.82 Å². The molecule has 0 saturated carbocycles. The number of benzene rings is 1. The number of aromatic nitrogens is 1. The largest absolute Gasteiger partial charge is 0.330 e. The van der Waals surface area contributed by atoms with Crippen molar-refractivity contribution in [2.24, 2.45) is 11.7 Å². The zero-order valence-electron chi connectivity index (χ0n) is 12.3. The van der Waals surface area contributed by atoms with Crippen molar-refractivity contribution < 1.29 is 4.39 Å². The van der Waals surface area contributed by atoms with Gasteiger partial charge in [0.15, 0.2) is 0 Å². The molecule has 0 unspecified atom stereocenters. The minimum atomic E-state index is -0.191. The van der Waals surface area contributed by atoms with Gasteiger partial charge in [0.2, 0.25) is 0 Å². The van der Waals surface area contributed by atoms with Gasteiger partial charge in [-0.25, -0.2) is 4.39 Å². The van der Waals surface area contributed by atoms with Gasteiger partial charge in [0, 0.05) is 18.1 Å². The summed E-state index contributed by atoms with van der Waals surface area (Å²) < 4.78 is 13.8. The van der Waals surface area contributed by atoms with Crippen molar-refractivity contribution in [3.05, 3.63) is 41.8 Å². The number of rotatable bonds is 4. The molecule has 1 aromatic carbocycles. The molecule has 1 fully saturated rings. The molecule has 21 heavy (non-hydrogen) atoms. The zero-order valence-corrected chi connectivity index (χ0v) is 12.3. The molecule has 2 N–H and O–H groups in total. The zero-order chi connectivity index (χ0) is 14.7. The summed E-state index contributed by atoms with van der Waals surface area (Å²) in [5.41, 5.74) is 7.54. The molecule has 0 amide bonds. The van der Waals surface area contributed by atoms with Gasteiger partial charge in [-0.15, -0.1) is 0 Å². The molecule has 1 aliphatic rings. The fraction of sp³-hybridized carbons (Fsp3) is 0.471. The maximum absolute atomic E-state index is 13.8. The molecule has 0 aliphatic carbocycles. The molecule has 3 nitrogen and oxygen atoms in total. The molecule has 0 atom stereocenters. The third kappa shape index (κ3) is 3.22. The van der Waals surface area contributed by atoms with E-state index in [9.17, 15) is 4.39 Å². The van der Waals surface area contributed by atoms with Crippen molar-refractivity contribution in [1.82, 2.24) is 9.88 Å². The minimum absolute atomic E-state index is 0.191. The van der Waals surface area contributed by atoms with Crippen LogP contribution in [-0.4, -0.2) is 29.5 Å². The van der Waals surface area contributed by atoms with Crippen LogP contribution in [0, 0.1) is 11.7 Å². The van der Waals surface area contributed by atoms with Gasteiger partial charge in [-0.1, -0.05) is 6.07 Å². The van der Waals surface area contributed by atoms with E-state index < -0.39 is 0 Å². The number of hydrogen-bond acceptors (Lipinski definition) is 3. The van der Waals surface area contributed by atoms with Gasteiger partial charge in [0.25, 0.3) is 0 Å². The first-order valence-electron chi connectivity index (χ1n) is 7.72. The van der Waals surface area contributed by atoms with Crippen LogP contribution in [0.2, 0.25) is 0 Å². The molecule has 0 radical (unpaired) electrons. The summed E-state index contributed by atoms with van der Waals surface area (Å²) in [6.45, 7) is 3.83. The van der Waals surface area contributed by atoms with Crippen LogP contribution in [-0.2, 0) is 6.54 Å². The Bertz CT molecular complexity index is 606. The Morgan fingerprint density at radius 3 is 2.81 bits per heavy atom. The van der Waals surface area contributed by atoms with Crippen LogP contribution < -0.4 is 5.73 Å². The Balaban J connectivity index is 1.73. The summed E-state index contributed by atoms with van der Waals surface area (Å²) in [6, 6.07) is 7.01. The summed E-state index contributed by atoms with van der Waals surface area (Å²) in [5, 5.41) is 0.619. The maximum atomic E-state index is 13.8. The first-order valence-corrected chi connectivity index (χ1v) is 7.72. The molecule has 1 aromatic heterocycles. The number of halogens is 1. The van der Waals surface area contributed by atoms with E-state index >= 15 is 0 Å². The summed E-state index contributed by atoms with van der Waals surface area (Å²) in [5.74, 6) is 0.581. The Labute approximate surface area is 125 Å². The summed E-state index contributed by atoms with van der Waals surface area (Å²) in [6.07, 6.45) is 5.29. The molecule has 2 aromatic rings. The molecule has 2 heterocycles. The second kappa shape index (κ2) is 6.50. The van der Waals surface area contributed by atoms with Crippen LogP contribution in [0.3, 0.4) is 0 Å². The second-order valence-electron chi connectivity index (χ2n) is 5.90. The van der Waals surface area contributed by atoms with Crippen LogP contribution in [0.1, 0.15) is 24.8 Å². The number of likely N-dealkylation sites (tertiary alicyclic amines) is 1. The van der Waals surface area contributed by atoms with Crippen LogP contribution in [0.5, 0.6) is 0 Å². The molecule has 112 valence electrons. The lowest BCUT2D eigenvalue weighted by Gasteiger charge is -2.32. The van der Waals surface area contributed by atoms with E-state index in [1.54, 1.807) is 24.4 Å².